The molecular formula is C10H21NOP2. The molecule has 0 bridgehead atoms. The van der Waals surface area contributed by atoms with Crippen LogP contribution in [-0.2, 0) is 0 Å². The lowest BCUT2D eigenvalue weighted by Crippen LogP contribution is -2.01. The minimum absolute atomic E-state index is 0.572. The van der Waals surface area contributed by atoms with Crippen LogP contribution in [0.4, 0.5) is 0 Å². The predicted octanol–water partition coefficient (Wildman–Crippen LogP) is 3.34. The van der Waals surface area contributed by atoms with E-state index in [4.69, 9.17) is 5.73 Å². The average molecular weight is 233 g/mol. The minimum Gasteiger partial charge on any atom is -0.512 e. The van der Waals surface area contributed by atoms with Gasteiger partial charge in [-0.3, -0.25) is 0 Å². The first-order chi connectivity index (χ1) is 6.84. The lowest BCUT2D eigenvalue weighted by atomic mass is 10.1. The summed E-state index contributed by atoms with van der Waals surface area (Å²) in [6, 6.07) is 0. The quantitative estimate of drug-likeness (QED) is 0.567. The maximum Gasteiger partial charge on any atom is 0.0972 e. The van der Waals surface area contributed by atoms with Crippen molar-refractivity contribution in [1.29, 1.82) is 0 Å². The van der Waals surface area contributed by atoms with E-state index in [1.54, 1.807) is 0 Å². The smallest absolute Gasteiger partial charge is 0.0972 e. The number of hydrogen-bond acceptors (Lipinski definition) is 2. The fourth-order valence-corrected chi connectivity index (χ4v) is 5.29. The third-order valence-electron chi connectivity index (χ3n) is 2.45. The van der Waals surface area contributed by atoms with Crippen LogP contribution in [-0.4, -0.2) is 17.8 Å². The molecule has 14 heavy (non-hydrogen) atoms. The van der Waals surface area contributed by atoms with E-state index < -0.39 is 0 Å². The first-order valence-electron chi connectivity index (χ1n) is 5.44. The molecule has 0 aromatic carbocycles. The minimum atomic E-state index is 0.572. The molecule has 1 heterocycles. The Bertz CT molecular complexity index is 183. The van der Waals surface area contributed by atoms with E-state index in [1.807, 2.05) is 0 Å². The molecule has 3 N–H and O–H groups in total. The highest BCUT2D eigenvalue weighted by Gasteiger charge is 2.07. The Morgan fingerprint density at radius 3 is 2.86 bits per heavy atom. The zero-order valence-electron chi connectivity index (χ0n) is 8.68. The Morgan fingerprint density at radius 1 is 1.29 bits per heavy atom. The molecule has 82 valence electrons. The molecule has 0 amide bonds. The molecule has 2 nitrogen and oxygen atoms in total. The molecule has 1 aliphatic rings. The van der Waals surface area contributed by atoms with Gasteiger partial charge in [0.15, 0.2) is 0 Å². The van der Waals surface area contributed by atoms with Gasteiger partial charge in [-0.25, -0.2) is 0 Å². The third-order valence-corrected chi connectivity index (χ3v) is 6.25. The second-order valence-electron chi connectivity index (χ2n) is 3.68. The first kappa shape index (κ1) is 12.4. The Hall–Kier alpha value is 0.360. The number of nitrogens with two attached hydrogens (primary N) is 1. The summed E-state index contributed by atoms with van der Waals surface area (Å²) in [6.07, 6.45) is 8.48. The molecule has 0 aromatic heterocycles. The van der Waals surface area contributed by atoms with Crippen LogP contribution in [0.25, 0.3) is 0 Å². The molecule has 0 spiro atoms. The van der Waals surface area contributed by atoms with Gasteiger partial charge in [-0.05, 0) is 37.3 Å². The zero-order chi connectivity index (χ0) is 10.2. The van der Waals surface area contributed by atoms with Crippen LogP contribution < -0.4 is 5.73 Å². The fraction of sp³-hybridized carbons (Fsp3) is 0.800. The number of hydrogen-bond donors (Lipinski definition) is 2. The standard InChI is InChI=1S/C10H21NOP2/c11-7-6-9(12)10-5-3-1-2-4-8-13-14-10/h12-14H,1-8,11H2. The predicted molar refractivity (Wildman–Crippen MR) is 67.9 cm³/mol. The molecule has 0 aliphatic carbocycles. The van der Waals surface area contributed by atoms with Gasteiger partial charge in [-0.1, -0.05) is 29.4 Å². The molecule has 0 saturated carbocycles. The highest BCUT2D eigenvalue weighted by molar-refractivity contribution is 8.13. The number of allylic oxidation sites excluding steroid dienone is 1. The van der Waals surface area contributed by atoms with Gasteiger partial charge in [-0.2, -0.15) is 0 Å². The van der Waals surface area contributed by atoms with Crippen molar-refractivity contribution in [3.63, 3.8) is 0 Å². The van der Waals surface area contributed by atoms with Crippen molar-refractivity contribution in [2.75, 3.05) is 12.7 Å². The largest absolute Gasteiger partial charge is 0.512 e. The molecule has 1 aliphatic heterocycles. The van der Waals surface area contributed by atoms with Gasteiger partial charge in [0, 0.05) is 6.42 Å². The van der Waals surface area contributed by atoms with Crippen LogP contribution in [0.3, 0.4) is 0 Å². The second-order valence-corrected chi connectivity index (χ2v) is 7.20. The summed E-state index contributed by atoms with van der Waals surface area (Å²) >= 11 is 0. The lowest BCUT2D eigenvalue weighted by Gasteiger charge is -2.08. The maximum atomic E-state index is 9.79. The van der Waals surface area contributed by atoms with Crippen LogP contribution in [0.15, 0.2) is 11.1 Å². The van der Waals surface area contributed by atoms with Gasteiger partial charge in [-0.15, -0.1) is 0 Å². The molecule has 1 rings (SSSR count). The van der Waals surface area contributed by atoms with E-state index in [9.17, 15) is 5.11 Å². The van der Waals surface area contributed by atoms with Crippen LogP contribution in [0, 0.1) is 0 Å². The number of aliphatic hydroxyl groups is 1. The third kappa shape index (κ3) is 4.73. The molecular weight excluding hydrogens is 212 g/mol. The van der Waals surface area contributed by atoms with Crippen LogP contribution in [0.5, 0.6) is 0 Å². The van der Waals surface area contributed by atoms with Crippen LogP contribution in [0.2, 0.25) is 0 Å². The maximum absolute atomic E-state index is 9.79. The molecule has 0 radical (unpaired) electrons. The van der Waals surface area contributed by atoms with Gasteiger partial charge in [0.05, 0.1) is 5.76 Å². The SMILES string of the molecule is NCCC(O)=C1CCCCCCPP1. The van der Waals surface area contributed by atoms with E-state index in [2.05, 4.69) is 0 Å². The summed E-state index contributed by atoms with van der Waals surface area (Å²) in [5.41, 5.74) is 5.45. The van der Waals surface area contributed by atoms with Crippen molar-refractivity contribution in [2.45, 2.75) is 38.5 Å². The Balaban J connectivity index is 2.49. The Labute approximate surface area is 90.2 Å². The topological polar surface area (TPSA) is 46.2 Å². The monoisotopic (exact) mass is 233 g/mol. The van der Waals surface area contributed by atoms with Gasteiger partial charge in [0.2, 0.25) is 0 Å². The molecule has 2 atom stereocenters. The summed E-state index contributed by atoms with van der Waals surface area (Å²) in [7, 11) is 1.90. The summed E-state index contributed by atoms with van der Waals surface area (Å²) in [5, 5.41) is 11.1. The molecule has 0 aromatic rings. The zero-order valence-corrected chi connectivity index (χ0v) is 10.7. The highest BCUT2D eigenvalue weighted by atomic mass is 32.0. The van der Waals surface area contributed by atoms with Crippen molar-refractivity contribution in [3.05, 3.63) is 11.1 Å². The van der Waals surface area contributed by atoms with Crippen molar-refractivity contribution in [2.24, 2.45) is 5.73 Å². The summed E-state index contributed by atoms with van der Waals surface area (Å²) in [4.78, 5) is 0. The van der Waals surface area contributed by atoms with Gasteiger partial charge in [0.25, 0.3) is 0 Å². The van der Waals surface area contributed by atoms with Crippen molar-refractivity contribution < 1.29 is 5.11 Å². The normalized spacial score (nSPS) is 26.9. The second kappa shape index (κ2) is 7.63. The van der Waals surface area contributed by atoms with Crippen LogP contribution in [0.1, 0.15) is 38.5 Å². The Kier molecular flexibility index (Phi) is 6.77. The highest BCUT2D eigenvalue weighted by Crippen LogP contribution is 2.48. The van der Waals surface area contributed by atoms with Crippen LogP contribution >= 0.6 is 16.5 Å². The van der Waals surface area contributed by atoms with E-state index in [0.717, 1.165) is 23.0 Å². The van der Waals surface area contributed by atoms with Crippen molar-refractivity contribution in [3.8, 4) is 0 Å². The van der Waals surface area contributed by atoms with Crippen molar-refractivity contribution in [1.82, 2.24) is 0 Å². The molecule has 1 fully saturated rings. The van der Waals surface area contributed by atoms with E-state index in [-0.39, 0.29) is 0 Å². The van der Waals surface area contributed by atoms with E-state index in [1.165, 1.54) is 37.2 Å². The van der Waals surface area contributed by atoms with Gasteiger partial charge < -0.3 is 10.8 Å². The Morgan fingerprint density at radius 2 is 2.07 bits per heavy atom. The van der Waals surface area contributed by atoms with E-state index in [0.29, 0.717) is 18.7 Å². The number of rotatable bonds is 2. The first-order valence-corrected chi connectivity index (χ1v) is 8.65. The number of aliphatic hydroxyl groups excluding tert-OH is 1. The summed E-state index contributed by atoms with van der Waals surface area (Å²) in [6.45, 7) is 0.572. The van der Waals surface area contributed by atoms with E-state index >= 15 is 0 Å². The van der Waals surface area contributed by atoms with Gasteiger partial charge >= 0.3 is 0 Å². The fourth-order valence-electron chi connectivity index (χ4n) is 1.60. The molecule has 4 heteroatoms. The summed E-state index contributed by atoms with van der Waals surface area (Å²) < 4.78 is 0. The van der Waals surface area contributed by atoms with Crippen molar-refractivity contribution >= 4 is 16.5 Å². The lowest BCUT2D eigenvalue weighted by molar-refractivity contribution is 0.385. The average Bonchev–Trinajstić information content (AvgIpc) is 2.30. The van der Waals surface area contributed by atoms with Gasteiger partial charge in [0.1, 0.15) is 0 Å². The molecule has 2 unspecified atom stereocenters. The summed E-state index contributed by atoms with van der Waals surface area (Å²) in [5.74, 6) is 0.597. The molecule has 1 saturated heterocycles.